The number of amides is 2. The second-order valence-corrected chi connectivity index (χ2v) is 7.40. The molecule has 7 heteroatoms. The topological polar surface area (TPSA) is 55.8 Å². The Morgan fingerprint density at radius 3 is 2.68 bits per heavy atom. The van der Waals surface area contributed by atoms with Crippen molar-refractivity contribution in [1.29, 1.82) is 0 Å². The minimum Gasteiger partial charge on any atom is -0.389 e. The largest absolute Gasteiger partial charge is 0.389 e. The average molecular weight is 355 g/mol. The molecule has 1 aliphatic rings. The van der Waals surface area contributed by atoms with Crippen molar-refractivity contribution in [3.05, 3.63) is 35.4 Å². The fraction of sp³-hybridized carbons (Fsp3) is 0.611. The minimum absolute atomic E-state index is 0.0411. The van der Waals surface area contributed by atoms with Gasteiger partial charge in [0, 0.05) is 37.8 Å². The summed E-state index contributed by atoms with van der Waals surface area (Å²) >= 11 is 0. The Bertz CT molecular complexity index is 619. The number of hydrogen-bond acceptors (Lipinski definition) is 3. The molecular weight excluding hydrogens is 328 g/mol. The lowest BCUT2D eigenvalue weighted by Crippen LogP contribution is -2.58. The molecule has 1 aromatic carbocycles. The van der Waals surface area contributed by atoms with E-state index in [1.54, 1.807) is 25.7 Å². The van der Waals surface area contributed by atoms with E-state index in [-0.39, 0.29) is 17.6 Å². The predicted molar refractivity (Wildman–Crippen MR) is 92.2 cm³/mol. The Morgan fingerprint density at radius 2 is 2.08 bits per heavy atom. The molecule has 0 bridgehead atoms. The number of nitrogens with zero attached hydrogens (tertiary/aromatic N) is 2. The highest BCUT2D eigenvalue weighted by atomic mass is 19.2. The molecule has 0 aliphatic carbocycles. The molecule has 25 heavy (non-hydrogen) atoms. The number of aliphatic hydroxyl groups is 1. The van der Waals surface area contributed by atoms with E-state index in [0.29, 0.717) is 26.2 Å². The first-order valence-electron chi connectivity index (χ1n) is 8.54. The third kappa shape index (κ3) is 5.12. The van der Waals surface area contributed by atoms with Crippen molar-refractivity contribution in [3.63, 3.8) is 0 Å². The molecule has 0 aromatic heterocycles. The maximum atomic E-state index is 13.9. The second kappa shape index (κ2) is 7.66. The Kier molecular flexibility index (Phi) is 6.00. The van der Waals surface area contributed by atoms with Crippen molar-refractivity contribution in [3.8, 4) is 0 Å². The first-order valence-corrected chi connectivity index (χ1v) is 8.54. The number of β-amino-alcohol motifs (C(OH)–C–C–N with tert-alkyl or cyclic N) is 1. The summed E-state index contributed by atoms with van der Waals surface area (Å²) in [6.45, 7) is 9.44. The average Bonchev–Trinajstić information content (AvgIpc) is 2.48. The van der Waals surface area contributed by atoms with Gasteiger partial charge in [-0.3, -0.25) is 4.90 Å². The van der Waals surface area contributed by atoms with Crippen molar-refractivity contribution in [2.24, 2.45) is 0 Å². The van der Waals surface area contributed by atoms with Gasteiger partial charge in [0.1, 0.15) is 0 Å². The van der Waals surface area contributed by atoms with E-state index in [2.05, 4.69) is 10.2 Å². The van der Waals surface area contributed by atoms with E-state index >= 15 is 0 Å². The first kappa shape index (κ1) is 19.6. The summed E-state index contributed by atoms with van der Waals surface area (Å²) in [6.07, 6.45) is 0. The van der Waals surface area contributed by atoms with Crippen LogP contribution in [0.1, 0.15) is 39.3 Å². The molecule has 2 rings (SSSR count). The maximum absolute atomic E-state index is 13.9. The SMILES string of the molecule is CC(NC(=O)N1CCN(CC(C)(C)O)CC1C)c1cccc(F)c1F. The fourth-order valence-electron chi connectivity index (χ4n) is 3.23. The van der Waals surface area contributed by atoms with Crippen molar-refractivity contribution in [1.82, 2.24) is 15.1 Å². The standard InChI is InChI=1S/C18H27F2N3O2/c1-12-10-22(11-18(3,4)25)8-9-23(12)17(24)21-13(2)14-6-5-7-15(19)16(14)20/h5-7,12-13,25H,8-11H2,1-4H3,(H,21,24). The molecule has 2 atom stereocenters. The van der Waals surface area contributed by atoms with Gasteiger partial charge in [-0.2, -0.15) is 0 Å². The van der Waals surface area contributed by atoms with Crippen LogP contribution in [-0.2, 0) is 0 Å². The lowest BCUT2D eigenvalue weighted by Gasteiger charge is -2.41. The number of benzene rings is 1. The number of halogens is 2. The Morgan fingerprint density at radius 1 is 1.40 bits per heavy atom. The number of carbonyl (C=O) groups excluding carboxylic acids is 1. The highest BCUT2D eigenvalue weighted by molar-refractivity contribution is 5.75. The van der Waals surface area contributed by atoms with E-state index in [9.17, 15) is 18.7 Å². The highest BCUT2D eigenvalue weighted by Gasteiger charge is 2.30. The zero-order valence-corrected chi connectivity index (χ0v) is 15.2. The second-order valence-electron chi connectivity index (χ2n) is 7.40. The van der Waals surface area contributed by atoms with Gasteiger partial charge in [-0.1, -0.05) is 12.1 Å². The van der Waals surface area contributed by atoms with Gasteiger partial charge in [0.2, 0.25) is 0 Å². The molecule has 1 saturated heterocycles. The van der Waals surface area contributed by atoms with Crippen LogP contribution in [0.2, 0.25) is 0 Å². The molecule has 1 aromatic rings. The number of hydrogen-bond donors (Lipinski definition) is 2. The molecule has 140 valence electrons. The van der Waals surface area contributed by atoms with Crippen LogP contribution in [0.5, 0.6) is 0 Å². The first-order chi connectivity index (χ1) is 11.6. The van der Waals surface area contributed by atoms with Crippen molar-refractivity contribution >= 4 is 6.03 Å². The number of piperazine rings is 1. The quantitative estimate of drug-likeness (QED) is 0.873. The number of nitrogens with one attached hydrogen (secondary N) is 1. The third-order valence-corrected chi connectivity index (χ3v) is 4.37. The van der Waals surface area contributed by atoms with E-state index in [4.69, 9.17) is 0 Å². The number of carbonyl (C=O) groups is 1. The normalized spacial score (nSPS) is 20.4. The Balaban J connectivity index is 1.96. The monoisotopic (exact) mass is 355 g/mol. The molecule has 1 heterocycles. The van der Waals surface area contributed by atoms with Crippen LogP contribution in [0, 0.1) is 11.6 Å². The van der Waals surface area contributed by atoms with E-state index in [1.165, 1.54) is 12.1 Å². The Hall–Kier alpha value is -1.73. The molecular formula is C18H27F2N3O2. The van der Waals surface area contributed by atoms with E-state index in [1.807, 2.05) is 6.92 Å². The lowest BCUT2D eigenvalue weighted by molar-refractivity contribution is 0.0117. The van der Waals surface area contributed by atoms with Gasteiger partial charge in [-0.15, -0.1) is 0 Å². The molecule has 2 N–H and O–H groups in total. The zero-order chi connectivity index (χ0) is 18.8. The van der Waals surface area contributed by atoms with Crippen LogP contribution in [0.4, 0.5) is 13.6 Å². The predicted octanol–water partition coefficient (Wildman–Crippen LogP) is 2.51. The summed E-state index contributed by atoms with van der Waals surface area (Å²) < 4.78 is 27.2. The molecule has 1 fully saturated rings. The molecule has 2 unspecified atom stereocenters. The molecule has 1 aliphatic heterocycles. The van der Waals surface area contributed by atoms with Crippen LogP contribution in [0.3, 0.4) is 0 Å². The Labute approximate surface area is 147 Å². The minimum atomic E-state index is -0.932. The van der Waals surface area contributed by atoms with Gasteiger partial charge in [0.05, 0.1) is 11.6 Å². The van der Waals surface area contributed by atoms with Crippen LogP contribution in [0.25, 0.3) is 0 Å². The van der Waals surface area contributed by atoms with Crippen molar-refractivity contribution in [2.45, 2.75) is 45.4 Å². The summed E-state index contributed by atoms with van der Waals surface area (Å²) in [7, 11) is 0. The number of rotatable bonds is 4. The highest BCUT2D eigenvalue weighted by Crippen LogP contribution is 2.20. The molecule has 2 amide bonds. The number of urea groups is 1. The summed E-state index contributed by atoms with van der Waals surface area (Å²) in [5.41, 5.74) is -0.658. The van der Waals surface area contributed by atoms with Gasteiger partial charge in [0.25, 0.3) is 0 Å². The summed E-state index contributed by atoms with van der Waals surface area (Å²) in [5.74, 6) is -1.86. The van der Waals surface area contributed by atoms with Gasteiger partial charge < -0.3 is 15.3 Å². The zero-order valence-electron chi connectivity index (χ0n) is 15.2. The smallest absolute Gasteiger partial charge is 0.318 e. The van der Waals surface area contributed by atoms with Gasteiger partial charge in [0.15, 0.2) is 11.6 Å². The molecule has 0 radical (unpaired) electrons. The maximum Gasteiger partial charge on any atom is 0.318 e. The molecule has 5 nitrogen and oxygen atoms in total. The van der Waals surface area contributed by atoms with Crippen molar-refractivity contribution in [2.75, 3.05) is 26.2 Å². The van der Waals surface area contributed by atoms with Crippen LogP contribution in [-0.4, -0.2) is 58.8 Å². The van der Waals surface area contributed by atoms with Gasteiger partial charge in [-0.05, 0) is 33.8 Å². The summed E-state index contributed by atoms with van der Waals surface area (Å²) in [5, 5.41) is 12.7. The fourth-order valence-corrected chi connectivity index (χ4v) is 3.23. The van der Waals surface area contributed by atoms with Gasteiger partial charge >= 0.3 is 6.03 Å². The van der Waals surface area contributed by atoms with Crippen LogP contribution < -0.4 is 5.32 Å². The van der Waals surface area contributed by atoms with Crippen LogP contribution >= 0.6 is 0 Å². The summed E-state index contributed by atoms with van der Waals surface area (Å²) in [4.78, 5) is 16.3. The summed E-state index contributed by atoms with van der Waals surface area (Å²) in [6, 6.07) is 2.97. The van der Waals surface area contributed by atoms with Crippen molar-refractivity contribution < 1.29 is 18.7 Å². The van der Waals surface area contributed by atoms with Crippen LogP contribution in [0.15, 0.2) is 18.2 Å². The molecule has 0 spiro atoms. The third-order valence-electron chi connectivity index (χ3n) is 4.37. The van der Waals surface area contributed by atoms with E-state index < -0.39 is 23.3 Å². The lowest BCUT2D eigenvalue weighted by atomic mass is 10.1. The molecule has 0 saturated carbocycles. The van der Waals surface area contributed by atoms with Gasteiger partial charge in [-0.25, -0.2) is 13.6 Å². The van der Waals surface area contributed by atoms with E-state index in [0.717, 1.165) is 6.07 Å².